The van der Waals surface area contributed by atoms with E-state index in [-0.39, 0.29) is 0 Å². The molecule has 0 unspecified atom stereocenters. The summed E-state index contributed by atoms with van der Waals surface area (Å²) in [4.78, 5) is 25.3. The van der Waals surface area contributed by atoms with Crippen LogP contribution in [0, 0.1) is 0 Å². The van der Waals surface area contributed by atoms with E-state index in [1.807, 2.05) is 36.4 Å². The molecular weight excluding hydrogens is 761 g/mol. The van der Waals surface area contributed by atoms with Crippen molar-refractivity contribution in [3.8, 4) is 51.1 Å². The van der Waals surface area contributed by atoms with Crippen LogP contribution in [-0.4, -0.2) is 29.5 Å². The van der Waals surface area contributed by atoms with Crippen LogP contribution in [0.15, 0.2) is 199 Å². The van der Waals surface area contributed by atoms with E-state index in [0.717, 1.165) is 65.9 Å². The zero-order valence-corrected chi connectivity index (χ0v) is 33.1. The van der Waals surface area contributed by atoms with Crippen molar-refractivity contribution in [3.05, 3.63) is 194 Å². The van der Waals surface area contributed by atoms with E-state index < -0.39 is 0 Å². The van der Waals surface area contributed by atoms with E-state index >= 15 is 0 Å². The van der Waals surface area contributed by atoms with Gasteiger partial charge in [-0.05, 0) is 92.0 Å². The first-order valence-electron chi connectivity index (χ1n) is 20.7. The van der Waals surface area contributed by atoms with Crippen molar-refractivity contribution in [2.24, 2.45) is 0 Å². The maximum Gasteiger partial charge on any atom is 0.246 e. The third-order valence-corrected chi connectivity index (χ3v) is 12.1. The Bertz CT molecular complexity index is 3930. The van der Waals surface area contributed by atoms with Crippen molar-refractivity contribution in [3.63, 3.8) is 0 Å². The van der Waals surface area contributed by atoms with Crippen molar-refractivity contribution in [1.29, 1.82) is 0 Å². The molecule has 0 saturated carbocycles. The van der Waals surface area contributed by atoms with Crippen molar-refractivity contribution >= 4 is 76.3 Å². The summed E-state index contributed by atoms with van der Waals surface area (Å²) in [6, 6.07) is 65.7. The van der Waals surface area contributed by atoms with Crippen LogP contribution in [0.5, 0.6) is 0 Å². The van der Waals surface area contributed by atoms with E-state index in [9.17, 15) is 0 Å². The Balaban J connectivity index is 0.985. The lowest BCUT2D eigenvalue weighted by atomic mass is 9.93. The largest absolute Gasteiger partial charge is 0.436 e. The van der Waals surface area contributed by atoms with Crippen molar-refractivity contribution < 1.29 is 4.42 Å². The number of furan rings is 1. The molecule has 62 heavy (non-hydrogen) atoms. The Morgan fingerprint density at radius 3 is 1.68 bits per heavy atom. The molecule has 0 aliphatic rings. The topological polar surface area (TPSA) is 82.5 Å². The fourth-order valence-corrected chi connectivity index (χ4v) is 9.22. The van der Waals surface area contributed by atoms with Gasteiger partial charge in [0.2, 0.25) is 5.71 Å². The molecule has 0 atom stereocenters. The van der Waals surface area contributed by atoms with Crippen LogP contribution in [0.1, 0.15) is 0 Å². The SMILES string of the molecule is c1ccc(-c2cccc(-n3c4ccccc4c4cc(-c5nc(-c6ccccc6)nc(-c6cnc7oc8cc9c%10ccccc%10c%10ccccc%10c9cc8c7n6)n5)ccc43)c2)cc1. The minimum atomic E-state index is 0.426. The van der Waals surface area contributed by atoms with Crippen LogP contribution in [0.4, 0.5) is 0 Å². The van der Waals surface area contributed by atoms with E-state index in [1.54, 1.807) is 6.20 Å². The second kappa shape index (κ2) is 13.5. The Morgan fingerprint density at radius 1 is 0.355 bits per heavy atom. The molecule has 4 heterocycles. The zero-order valence-electron chi connectivity index (χ0n) is 33.1. The summed E-state index contributed by atoms with van der Waals surface area (Å²) < 4.78 is 8.75. The minimum absolute atomic E-state index is 0.426. The quantitative estimate of drug-likeness (QED) is 0.161. The molecule has 7 nitrogen and oxygen atoms in total. The van der Waals surface area contributed by atoms with Gasteiger partial charge in [-0.15, -0.1) is 0 Å². The lowest BCUT2D eigenvalue weighted by Crippen LogP contribution is -2.01. The van der Waals surface area contributed by atoms with Crippen molar-refractivity contribution in [2.45, 2.75) is 0 Å². The number of rotatable bonds is 5. The number of nitrogens with zero attached hydrogens (tertiary/aromatic N) is 6. The van der Waals surface area contributed by atoms with Crippen LogP contribution >= 0.6 is 0 Å². The molecule has 0 N–H and O–H groups in total. The molecule has 0 aliphatic carbocycles. The monoisotopic (exact) mass is 792 g/mol. The molecule has 9 aromatic carbocycles. The van der Waals surface area contributed by atoms with Gasteiger partial charge in [-0.25, -0.2) is 24.9 Å². The molecule has 7 heteroatoms. The number of benzene rings is 9. The van der Waals surface area contributed by atoms with Gasteiger partial charge in [-0.3, -0.25) is 0 Å². The lowest BCUT2D eigenvalue weighted by molar-refractivity contribution is 0.653. The summed E-state index contributed by atoms with van der Waals surface area (Å²) in [6.07, 6.45) is 1.70. The molecule has 0 amide bonds. The summed E-state index contributed by atoms with van der Waals surface area (Å²) in [6.45, 7) is 0. The Morgan fingerprint density at radius 2 is 0.935 bits per heavy atom. The molecule has 13 rings (SSSR count). The van der Waals surface area contributed by atoms with Crippen LogP contribution in [-0.2, 0) is 0 Å². The fraction of sp³-hybridized carbons (Fsp3) is 0. The highest BCUT2D eigenvalue weighted by Crippen LogP contribution is 2.40. The predicted molar refractivity (Wildman–Crippen MR) is 251 cm³/mol. The van der Waals surface area contributed by atoms with Gasteiger partial charge < -0.3 is 8.98 Å². The number of hydrogen-bond acceptors (Lipinski definition) is 6. The van der Waals surface area contributed by atoms with Gasteiger partial charge in [0.15, 0.2) is 17.5 Å². The number of hydrogen-bond donors (Lipinski definition) is 0. The Hall–Kier alpha value is -8.55. The third-order valence-electron chi connectivity index (χ3n) is 12.1. The first kappa shape index (κ1) is 34.3. The van der Waals surface area contributed by atoms with Gasteiger partial charge in [0.25, 0.3) is 0 Å². The predicted octanol–water partition coefficient (Wildman–Crippen LogP) is 13.8. The first-order chi connectivity index (χ1) is 30.7. The van der Waals surface area contributed by atoms with E-state index in [1.165, 1.54) is 27.1 Å². The average Bonchev–Trinajstić information content (AvgIpc) is 3.88. The molecule has 288 valence electrons. The van der Waals surface area contributed by atoms with E-state index in [4.69, 9.17) is 29.3 Å². The van der Waals surface area contributed by atoms with Gasteiger partial charge in [0.1, 0.15) is 16.8 Å². The molecule has 0 fully saturated rings. The highest BCUT2D eigenvalue weighted by molar-refractivity contribution is 6.28. The Labute approximate surface area is 354 Å². The molecular formula is C55H32N6O. The summed E-state index contributed by atoms with van der Waals surface area (Å²) in [7, 11) is 0. The van der Waals surface area contributed by atoms with E-state index in [0.29, 0.717) is 34.4 Å². The van der Waals surface area contributed by atoms with Gasteiger partial charge in [0, 0.05) is 33.0 Å². The summed E-state index contributed by atoms with van der Waals surface area (Å²) in [5.41, 5.74) is 9.77. The third kappa shape index (κ3) is 5.35. The second-order valence-corrected chi connectivity index (χ2v) is 15.7. The maximum absolute atomic E-state index is 6.41. The summed E-state index contributed by atoms with van der Waals surface area (Å²) in [5.74, 6) is 1.52. The van der Waals surface area contributed by atoms with Crippen molar-refractivity contribution in [1.82, 2.24) is 29.5 Å². The molecule has 0 saturated heterocycles. The molecule has 0 aliphatic heterocycles. The second-order valence-electron chi connectivity index (χ2n) is 15.7. The van der Waals surface area contributed by atoms with Crippen LogP contribution in [0.2, 0.25) is 0 Å². The van der Waals surface area contributed by atoms with Gasteiger partial charge in [-0.2, -0.15) is 0 Å². The zero-order chi connectivity index (χ0) is 40.7. The highest BCUT2D eigenvalue weighted by Gasteiger charge is 2.20. The first-order valence-corrected chi connectivity index (χ1v) is 20.7. The highest BCUT2D eigenvalue weighted by atomic mass is 16.3. The maximum atomic E-state index is 6.41. The lowest BCUT2D eigenvalue weighted by Gasteiger charge is -2.11. The van der Waals surface area contributed by atoms with Crippen LogP contribution in [0.25, 0.3) is 127 Å². The van der Waals surface area contributed by atoms with Gasteiger partial charge in [-0.1, -0.05) is 140 Å². The van der Waals surface area contributed by atoms with Crippen LogP contribution in [0.3, 0.4) is 0 Å². The number of para-hydroxylation sites is 1. The summed E-state index contributed by atoms with van der Waals surface area (Å²) >= 11 is 0. The van der Waals surface area contributed by atoms with Crippen LogP contribution < -0.4 is 0 Å². The smallest absolute Gasteiger partial charge is 0.246 e. The number of fused-ring (bicyclic) bond motifs is 12. The Kier molecular flexibility index (Phi) is 7.47. The molecule has 13 aromatic rings. The number of aromatic nitrogens is 6. The molecule has 0 radical (unpaired) electrons. The molecule has 0 spiro atoms. The normalized spacial score (nSPS) is 11.9. The van der Waals surface area contributed by atoms with Crippen molar-refractivity contribution in [2.75, 3.05) is 0 Å². The average molecular weight is 793 g/mol. The van der Waals surface area contributed by atoms with E-state index in [2.05, 4.69) is 156 Å². The standard InChI is InChI=1S/C55H32N6O/c1-3-14-33(15-4-1)35-18-13-19-37(28-35)61-48-25-12-11-24-42(48)45-29-36(26-27-49(45)61)53-58-52(34-16-5-2-6-17-34)59-54(60-53)47-32-56-55-51(57-47)46-30-43-40-22-9-7-20-38(40)39-21-8-10-23-41(39)44(43)31-50(46)62-55/h1-32H. The molecule has 4 aromatic heterocycles. The fourth-order valence-electron chi connectivity index (χ4n) is 9.22. The van der Waals surface area contributed by atoms with Gasteiger partial charge in [0.05, 0.1) is 17.2 Å². The van der Waals surface area contributed by atoms with Gasteiger partial charge >= 0.3 is 0 Å². The molecule has 0 bridgehead atoms. The minimum Gasteiger partial charge on any atom is -0.436 e. The summed E-state index contributed by atoms with van der Waals surface area (Å²) in [5, 5.41) is 10.2.